The van der Waals surface area contributed by atoms with Crippen molar-refractivity contribution in [2.24, 2.45) is 5.10 Å². The number of rotatable bonds is 8. The molecule has 0 aliphatic rings. The zero-order valence-electron chi connectivity index (χ0n) is 20.6. The maximum Gasteiger partial charge on any atom is 0.272 e. The van der Waals surface area contributed by atoms with Gasteiger partial charge in [0.15, 0.2) is 6.04 Å². The summed E-state index contributed by atoms with van der Waals surface area (Å²) in [5, 5.41) is 14.1. The molecule has 9 heteroatoms. The molecule has 1 heterocycles. The van der Waals surface area contributed by atoms with Crippen molar-refractivity contribution in [2.45, 2.75) is 6.04 Å². The first-order chi connectivity index (χ1) is 19.1. The molecule has 0 fully saturated rings. The molecular weight excluding hydrogens is 494 g/mol. The van der Waals surface area contributed by atoms with Crippen molar-refractivity contribution < 1.29 is 14.3 Å². The maximum absolute atomic E-state index is 13.3. The molecule has 0 aliphatic heterocycles. The normalized spacial score (nSPS) is 11.7. The molecule has 1 atom stereocenters. The second-order valence-electron chi connectivity index (χ2n) is 8.48. The van der Waals surface area contributed by atoms with Gasteiger partial charge in [-0.1, -0.05) is 66.7 Å². The molecule has 5 aromatic rings. The number of hydrogen-bond donors (Lipinski definition) is 3. The Morgan fingerprint density at radius 3 is 2.26 bits per heavy atom. The summed E-state index contributed by atoms with van der Waals surface area (Å²) in [5.74, 6) is 0.172. The van der Waals surface area contributed by atoms with E-state index < -0.39 is 23.4 Å². The number of hydrazone groups is 1. The SMILES string of the molecule is O=C(NC(C(=O)N/N=C/c1cccc(Oc2ccccc2)c1)c1n[nH]c(=O)c2ccccc12)c1ccccc1. The van der Waals surface area contributed by atoms with E-state index >= 15 is 0 Å². The zero-order valence-corrected chi connectivity index (χ0v) is 20.6. The Labute approximate surface area is 223 Å². The van der Waals surface area contributed by atoms with Crippen LogP contribution in [-0.4, -0.2) is 28.2 Å². The average Bonchev–Trinajstić information content (AvgIpc) is 2.97. The Hall–Kier alpha value is -5.57. The second-order valence-corrected chi connectivity index (χ2v) is 8.48. The third kappa shape index (κ3) is 6.05. The molecule has 2 amide bonds. The number of aromatic amines is 1. The highest BCUT2D eigenvalue weighted by Gasteiger charge is 2.27. The first kappa shape index (κ1) is 25.1. The summed E-state index contributed by atoms with van der Waals surface area (Å²) >= 11 is 0. The number of nitrogens with one attached hydrogen (secondary N) is 3. The van der Waals surface area contributed by atoms with Crippen LogP contribution >= 0.6 is 0 Å². The van der Waals surface area contributed by atoms with Crippen molar-refractivity contribution in [3.05, 3.63) is 136 Å². The number of fused-ring (bicyclic) bond motifs is 1. The fourth-order valence-electron chi connectivity index (χ4n) is 3.94. The van der Waals surface area contributed by atoms with Crippen LogP contribution < -0.4 is 21.0 Å². The van der Waals surface area contributed by atoms with Crippen molar-refractivity contribution in [3.63, 3.8) is 0 Å². The van der Waals surface area contributed by atoms with E-state index in [2.05, 4.69) is 26.0 Å². The molecule has 39 heavy (non-hydrogen) atoms. The predicted octanol–water partition coefficient (Wildman–Crippen LogP) is 4.34. The minimum absolute atomic E-state index is 0.181. The molecule has 4 aromatic carbocycles. The summed E-state index contributed by atoms with van der Waals surface area (Å²) in [6.45, 7) is 0. The van der Waals surface area contributed by atoms with Gasteiger partial charge in [-0.15, -0.1) is 0 Å². The maximum atomic E-state index is 13.3. The van der Waals surface area contributed by atoms with Crippen LogP contribution in [0.3, 0.4) is 0 Å². The van der Waals surface area contributed by atoms with Crippen molar-refractivity contribution in [1.82, 2.24) is 20.9 Å². The molecular formula is C30H23N5O4. The summed E-state index contributed by atoms with van der Waals surface area (Å²) in [6, 6.07) is 30.5. The van der Waals surface area contributed by atoms with Gasteiger partial charge in [-0.3, -0.25) is 14.4 Å². The Morgan fingerprint density at radius 2 is 1.49 bits per heavy atom. The number of aromatic nitrogens is 2. The van der Waals surface area contributed by atoms with E-state index in [4.69, 9.17) is 4.74 Å². The molecule has 192 valence electrons. The van der Waals surface area contributed by atoms with Crippen molar-refractivity contribution in [3.8, 4) is 11.5 Å². The molecule has 1 unspecified atom stereocenters. The quantitative estimate of drug-likeness (QED) is 0.209. The summed E-state index contributed by atoms with van der Waals surface area (Å²) in [6.07, 6.45) is 1.46. The fourth-order valence-corrected chi connectivity index (χ4v) is 3.94. The number of carbonyl (C=O) groups is 2. The molecule has 5 rings (SSSR count). The van der Waals surface area contributed by atoms with Crippen LogP contribution in [0.15, 0.2) is 119 Å². The minimum Gasteiger partial charge on any atom is -0.457 e. The summed E-state index contributed by atoms with van der Waals surface area (Å²) < 4.78 is 5.85. The topological polar surface area (TPSA) is 126 Å². The number of nitrogens with zero attached hydrogens (tertiary/aromatic N) is 2. The van der Waals surface area contributed by atoms with Gasteiger partial charge in [0.05, 0.1) is 11.6 Å². The zero-order chi connectivity index (χ0) is 27.0. The van der Waals surface area contributed by atoms with Gasteiger partial charge in [-0.2, -0.15) is 10.2 Å². The number of ether oxygens (including phenoxy) is 1. The van der Waals surface area contributed by atoms with Gasteiger partial charge in [-0.25, -0.2) is 10.5 Å². The summed E-state index contributed by atoms with van der Waals surface area (Å²) in [5.41, 5.74) is 3.30. The number of para-hydroxylation sites is 1. The molecule has 3 N–H and O–H groups in total. The molecule has 0 aliphatic carbocycles. The largest absolute Gasteiger partial charge is 0.457 e. The number of benzene rings is 4. The molecule has 1 aromatic heterocycles. The van der Waals surface area contributed by atoms with Crippen LogP contribution in [0, 0.1) is 0 Å². The van der Waals surface area contributed by atoms with Gasteiger partial charge in [0.2, 0.25) is 0 Å². The van der Waals surface area contributed by atoms with Crippen LogP contribution in [0.1, 0.15) is 27.7 Å². The van der Waals surface area contributed by atoms with Gasteiger partial charge < -0.3 is 10.1 Å². The lowest BCUT2D eigenvalue weighted by molar-refractivity contribution is -0.123. The number of amides is 2. The number of hydrogen-bond acceptors (Lipinski definition) is 6. The van der Waals surface area contributed by atoms with Gasteiger partial charge >= 0.3 is 0 Å². The van der Waals surface area contributed by atoms with Crippen LogP contribution in [-0.2, 0) is 4.79 Å². The highest BCUT2D eigenvalue weighted by Crippen LogP contribution is 2.22. The van der Waals surface area contributed by atoms with Gasteiger partial charge in [0, 0.05) is 10.9 Å². The van der Waals surface area contributed by atoms with Crippen LogP contribution in [0.25, 0.3) is 10.8 Å². The van der Waals surface area contributed by atoms with Gasteiger partial charge in [0.25, 0.3) is 17.4 Å². The van der Waals surface area contributed by atoms with E-state index in [-0.39, 0.29) is 5.69 Å². The van der Waals surface area contributed by atoms with E-state index in [1.165, 1.54) is 6.21 Å². The van der Waals surface area contributed by atoms with Crippen molar-refractivity contribution in [2.75, 3.05) is 0 Å². The van der Waals surface area contributed by atoms with Gasteiger partial charge in [-0.05, 0) is 48.0 Å². The Morgan fingerprint density at radius 1 is 0.821 bits per heavy atom. The molecule has 0 radical (unpaired) electrons. The second kappa shape index (κ2) is 11.7. The van der Waals surface area contributed by atoms with Crippen LogP contribution in [0.2, 0.25) is 0 Å². The highest BCUT2D eigenvalue weighted by atomic mass is 16.5. The third-order valence-corrected chi connectivity index (χ3v) is 5.80. The standard InChI is InChI=1S/C30H23N5O4/c36-28(21-11-3-1-4-12-21)32-27(26-24-16-7-8-17-25(24)29(37)35-33-26)30(38)34-31-19-20-10-9-15-23(18-20)39-22-13-5-2-6-14-22/h1-19,27H,(H,32,36)(H,34,38)(H,35,37)/b31-19+. The summed E-state index contributed by atoms with van der Waals surface area (Å²) in [4.78, 5) is 38.6. The van der Waals surface area contributed by atoms with E-state index in [9.17, 15) is 14.4 Å². The molecule has 0 bridgehead atoms. The predicted molar refractivity (Wildman–Crippen MR) is 148 cm³/mol. The lowest BCUT2D eigenvalue weighted by Crippen LogP contribution is -2.40. The minimum atomic E-state index is -1.25. The average molecular weight is 518 g/mol. The first-order valence-electron chi connectivity index (χ1n) is 12.1. The number of carbonyl (C=O) groups excluding carboxylic acids is 2. The Balaban J connectivity index is 1.39. The number of H-pyrrole nitrogens is 1. The lowest BCUT2D eigenvalue weighted by atomic mass is 10.0. The van der Waals surface area contributed by atoms with E-state index in [1.54, 1.807) is 72.8 Å². The smallest absolute Gasteiger partial charge is 0.272 e. The molecule has 9 nitrogen and oxygen atoms in total. The van der Waals surface area contributed by atoms with Crippen molar-refractivity contribution in [1.29, 1.82) is 0 Å². The van der Waals surface area contributed by atoms with Crippen LogP contribution in [0.5, 0.6) is 11.5 Å². The lowest BCUT2D eigenvalue weighted by Gasteiger charge is -2.18. The van der Waals surface area contributed by atoms with Crippen molar-refractivity contribution >= 4 is 28.8 Å². The first-order valence-corrected chi connectivity index (χ1v) is 12.1. The van der Waals surface area contributed by atoms with Gasteiger partial charge in [0.1, 0.15) is 17.2 Å². The highest BCUT2D eigenvalue weighted by molar-refractivity contribution is 5.99. The van der Waals surface area contributed by atoms with E-state index in [1.807, 2.05) is 36.4 Å². The Bertz CT molecular complexity index is 1700. The Kier molecular flexibility index (Phi) is 7.50. The summed E-state index contributed by atoms with van der Waals surface area (Å²) in [7, 11) is 0. The third-order valence-electron chi connectivity index (χ3n) is 5.80. The van der Waals surface area contributed by atoms with E-state index in [0.29, 0.717) is 33.4 Å². The van der Waals surface area contributed by atoms with Crippen LogP contribution in [0.4, 0.5) is 0 Å². The molecule has 0 spiro atoms. The molecule has 0 saturated heterocycles. The monoisotopic (exact) mass is 517 g/mol. The molecule has 0 saturated carbocycles. The fraction of sp³-hybridized carbons (Fsp3) is 0.0333. The van der Waals surface area contributed by atoms with E-state index in [0.717, 1.165) is 0 Å².